The molecule has 0 saturated heterocycles. The van der Waals surface area contributed by atoms with E-state index in [1.54, 1.807) is 29.1 Å². The summed E-state index contributed by atoms with van der Waals surface area (Å²) in [5, 5.41) is 3.68. The first-order valence-electron chi connectivity index (χ1n) is 8.98. The molecule has 3 N–H and O–H groups in total. The molecule has 2 aromatic carbocycles. The summed E-state index contributed by atoms with van der Waals surface area (Å²) in [5.41, 5.74) is 8.39. The Labute approximate surface area is 175 Å². The fourth-order valence-corrected chi connectivity index (χ4v) is 3.34. The van der Waals surface area contributed by atoms with Gasteiger partial charge in [-0.1, -0.05) is 11.6 Å². The zero-order valence-corrected chi connectivity index (χ0v) is 16.3. The summed E-state index contributed by atoms with van der Waals surface area (Å²) in [6.07, 6.45) is 3.12. The van der Waals surface area contributed by atoms with Gasteiger partial charge in [0.15, 0.2) is 0 Å². The fraction of sp³-hybridized carbons (Fsp3) is 0.0952. The lowest BCUT2D eigenvalue weighted by atomic mass is 10.1. The number of hydrogen-bond donors (Lipinski definition) is 2. The maximum absolute atomic E-state index is 13.5. The molecule has 4 rings (SSSR count). The van der Waals surface area contributed by atoms with Crippen LogP contribution in [0.4, 0.5) is 14.5 Å². The molecule has 0 aliphatic heterocycles. The molecule has 30 heavy (non-hydrogen) atoms. The molecule has 0 saturated carbocycles. The molecule has 0 spiro atoms. The van der Waals surface area contributed by atoms with Gasteiger partial charge in [-0.3, -0.25) is 9.36 Å². The van der Waals surface area contributed by atoms with E-state index in [0.29, 0.717) is 33.2 Å². The molecule has 9 heteroatoms. The number of rotatable bonds is 6. The summed E-state index contributed by atoms with van der Waals surface area (Å²) in [5.74, 6) is -1.31. The number of carbonyl (C=O) groups is 1. The number of anilines is 1. The molecule has 4 aromatic rings. The lowest BCUT2D eigenvalue weighted by Gasteiger charge is -2.14. The summed E-state index contributed by atoms with van der Waals surface area (Å²) in [4.78, 5) is 20.2. The molecule has 1 amide bonds. The first-order chi connectivity index (χ1) is 14.4. The first-order valence-corrected chi connectivity index (χ1v) is 9.36. The van der Waals surface area contributed by atoms with Crippen molar-refractivity contribution < 1.29 is 13.6 Å². The molecule has 152 valence electrons. The molecule has 0 unspecified atom stereocenters. The highest BCUT2D eigenvalue weighted by molar-refractivity contribution is 6.31. The Morgan fingerprint density at radius 2 is 1.87 bits per heavy atom. The summed E-state index contributed by atoms with van der Waals surface area (Å²) < 4.78 is 28.7. The van der Waals surface area contributed by atoms with Gasteiger partial charge in [-0.2, -0.15) is 0 Å². The number of pyridine rings is 1. The zero-order chi connectivity index (χ0) is 21.3. The Kier molecular flexibility index (Phi) is 5.33. The lowest BCUT2D eigenvalue weighted by Crippen LogP contribution is -2.16. The molecule has 0 atom stereocenters. The van der Waals surface area contributed by atoms with E-state index < -0.39 is 17.5 Å². The summed E-state index contributed by atoms with van der Waals surface area (Å²) in [6.45, 7) is 0.143. The van der Waals surface area contributed by atoms with E-state index in [0.717, 1.165) is 11.6 Å². The first kappa shape index (κ1) is 19.8. The minimum Gasteiger partial charge on any atom is -0.381 e. The Bertz CT molecular complexity index is 1240. The molecule has 2 heterocycles. The molecule has 0 bridgehead atoms. The number of primary amides is 1. The second-order valence-corrected chi connectivity index (χ2v) is 7.16. The minimum atomic E-state index is -0.664. The summed E-state index contributed by atoms with van der Waals surface area (Å²) >= 11 is 6.02. The van der Waals surface area contributed by atoms with Gasteiger partial charge in [0.05, 0.1) is 17.5 Å². The van der Waals surface area contributed by atoms with Crippen LogP contribution in [0, 0.1) is 11.6 Å². The zero-order valence-electron chi connectivity index (χ0n) is 15.6. The number of hydrogen-bond acceptors (Lipinski definition) is 4. The van der Waals surface area contributed by atoms with Crippen molar-refractivity contribution in [3.8, 4) is 5.82 Å². The van der Waals surface area contributed by atoms with Crippen molar-refractivity contribution in [3.05, 3.63) is 82.8 Å². The molecule has 6 nitrogen and oxygen atoms in total. The van der Waals surface area contributed by atoms with Gasteiger partial charge in [-0.05, 0) is 35.9 Å². The number of imidazole rings is 1. The van der Waals surface area contributed by atoms with Crippen LogP contribution in [0.2, 0.25) is 5.02 Å². The van der Waals surface area contributed by atoms with E-state index in [9.17, 15) is 13.6 Å². The normalized spacial score (nSPS) is 11.0. The average Bonchev–Trinajstić information content (AvgIpc) is 3.09. The van der Waals surface area contributed by atoms with Gasteiger partial charge in [0, 0.05) is 41.1 Å². The number of nitrogens with zero attached hydrogens (tertiary/aromatic N) is 3. The Morgan fingerprint density at radius 3 is 2.60 bits per heavy atom. The van der Waals surface area contributed by atoms with Gasteiger partial charge in [0.1, 0.15) is 23.8 Å². The molecular weight excluding hydrogens is 412 g/mol. The van der Waals surface area contributed by atoms with Crippen molar-refractivity contribution in [3.63, 3.8) is 0 Å². The summed E-state index contributed by atoms with van der Waals surface area (Å²) in [7, 11) is 0. The van der Waals surface area contributed by atoms with E-state index >= 15 is 0 Å². The third-order valence-electron chi connectivity index (χ3n) is 4.50. The van der Waals surface area contributed by atoms with Gasteiger partial charge in [-0.15, -0.1) is 0 Å². The van der Waals surface area contributed by atoms with Crippen LogP contribution in [0.1, 0.15) is 11.1 Å². The van der Waals surface area contributed by atoms with Crippen LogP contribution in [0.25, 0.3) is 16.9 Å². The number of halogens is 3. The third kappa shape index (κ3) is 4.23. The highest BCUT2D eigenvalue weighted by Gasteiger charge is 2.12. The van der Waals surface area contributed by atoms with E-state index in [-0.39, 0.29) is 13.0 Å². The van der Waals surface area contributed by atoms with Crippen molar-refractivity contribution >= 4 is 34.2 Å². The molecule has 0 aliphatic carbocycles. The molecule has 0 fully saturated rings. The number of amides is 1. The Balaban J connectivity index is 1.70. The average molecular weight is 428 g/mol. The van der Waals surface area contributed by atoms with Crippen molar-refractivity contribution in [1.82, 2.24) is 14.5 Å². The number of nitrogens with two attached hydrogens (primary N) is 1. The predicted octanol–water partition coefficient (Wildman–Crippen LogP) is 3.99. The van der Waals surface area contributed by atoms with Crippen LogP contribution in [0.15, 0.2) is 55.0 Å². The molecular formula is C21H16ClF2N5O. The lowest BCUT2D eigenvalue weighted by molar-refractivity contribution is -0.117. The second kappa shape index (κ2) is 8.08. The third-order valence-corrected chi connectivity index (χ3v) is 4.73. The van der Waals surface area contributed by atoms with Crippen LogP contribution in [-0.4, -0.2) is 20.4 Å². The van der Waals surface area contributed by atoms with E-state index in [4.69, 9.17) is 17.3 Å². The molecule has 0 aliphatic rings. The second-order valence-electron chi connectivity index (χ2n) is 6.72. The van der Waals surface area contributed by atoms with E-state index in [1.807, 2.05) is 6.07 Å². The minimum absolute atomic E-state index is 0.0343. The van der Waals surface area contributed by atoms with Gasteiger partial charge in [-0.25, -0.2) is 18.7 Å². The molecule has 0 radical (unpaired) electrons. The van der Waals surface area contributed by atoms with Crippen molar-refractivity contribution in [1.29, 1.82) is 0 Å². The number of aromatic nitrogens is 3. The molecule has 2 aromatic heterocycles. The topological polar surface area (TPSA) is 85.8 Å². The Morgan fingerprint density at radius 1 is 1.10 bits per heavy atom. The quantitative estimate of drug-likeness (QED) is 0.487. The van der Waals surface area contributed by atoms with Crippen LogP contribution in [0.3, 0.4) is 0 Å². The Hall–Kier alpha value is -3.52. The maximum Gasteiger partial charge on any atom is 0.221 e. The van der Waals surface area contributed by atoms with Gasteiger partial charge in [0.2, 0.25) is 5.91 Å². The highest BCUT2D eigenvalue weighted by atomic mass is 35.5. The van der Waals surface area contributed by atoms with Crippen LogP contribution < -0.4 is 11.1 Å². The van der Waals surface area contributed by atoms with Crippen LogP contribution in [0.5, 0.6) is 0 Å². The number of benzene rings is 2. The number of carbonyl (C=O) groups excluding carboxylic acids is 1. The van der Waals surface area contributed by atoms with Gasteiger partial charge >= 0.3 is 0 Å². The monoisotopic (exact) mass is 427 g/mol. The van der Waals surface area contributed by atoms with Crippen LogP contribution in [-0.2, 0) is 17.8 Å². The van der Waals surface area contributed by atoms with Crippen LogP contribution >= 0.6 is 11.6 Å². The maximum atomic E-state index is 13.5. The van der Waals surface area contributed by atoms with Crippen molar-refractivity contribution in [2.75, 3.05) is 5.32 Å². The van der Waals surface area contributed by atoms with Gasteiger partial charge in [0.25, 0.3) is 0 Å². The number of nitrogens with one attached hydrogen (secondary N) is 1. The SMILES string of the molecule is NC(=O)Cc1cnc(-n2cnc3cc(Cl)ccc32)cc1NCc1cc(F)cc(F)c1. The fourth-order valence-electron chi connectivity index (χ4n) is 3.18. The largest absolute Gasteiger partial charge is 0.381 e. The number of fused-ring (bicyclic) bond motifs is 1. The van der Waals surface area contributed by atoms with Gasteiger partial charge < -0.3 is 11.1 Å². The smallest absolute Gasteiger partial charge is 0.221 e. The van der Waals surface area contributed by atoms with E-state index in [2.05, 4.69) is 15.3 Å². The highest BCUT2D eigenvalue weighted by Crippen LogP contribution is 2.24. The standard InChI is InChI=1S/C21H16ClF2N5O/c22-14-1-2-19-18(6-14)28-11-29(19)21-8-17(13(10-27-21)5-20(25)30)26-9-12-3-15(23)7-16(24)4-12/h1-4,6-8,10-11H,5,9H2,(H2,25,30)(H,26,27). The predicted molar refractivity (Wildman–Crippen MR) is 110 cm³/mol. The summed E-state index contributed by atoms with van der Waals surface area (Å²) in [6, 6.07) is 10.3. The van der Waals surface area contributed by atoms with E-state index in [1.165, 1.54) is 18.3 Å². The van der Waals surface area contributed by atoms with Crippen molar-refractivity contribution in [2.24, 2.45) is 5.73 Å². The van der Waals surface area contributed by atoms with Crippen molar-refractivity contribution in [2.45, 2.75) is 13.0 Å².